The average Bonchev–Trinajstić information content (AvgIpc) is 2.75. The minimum Gasteiger partial charge on any atom is -0.481 e. The lowest BCUT2D eigenvalue weighted by Gasteiger charge is -2.37. The summed E-state index contributed by atoms with van der Waals surface area (Å²) in [5, 5.41) is 8.99. The van der Waals surface area contributed by atoms with E-state index in [-0.39, 0.29) is 5.92 Å². The van der Waals surface area contributed by atoms with Gasteiger partial charge >= 0.3 is 5.97 Å². The van der Waals surface area contributed by atoms with E-state index < -0.39 is 5.97 Å². The Morgan fingerprint density at radius 3 is 2.29 bits per heavy atom. The highest BCUT2D eigenvalue weighted by molar-refractivity contribution is 5.70. The normalized spacial score (nSPS) is 35.4. The topological polar surface area (TPSA) is 43.8 Å². The molecule has 1 aliphatic carbocycles. The third-order valence-corrected chi connectivity index (χ3v) is 4.56. The van der Waals surface area contributed by atoms with Gasteiger partial charge in [-0.25, -0.2) is 0 Å². The van der Waals surface area contributed by atoms with Crippen LogP contribution in [0.25, 0.3) is 0 Å². The smallest absolute Gasteiger partial charge is 0.306 e. The standard InChI is InChI=1S/C13H24N2O2/c1-14-8-7-12(9-14)15(2)11-5-3-10(4-6-11)13(16)17/h10-12H,3-9H2,1-2H3,(H,16,17). The molecule has 0 amide bonds. The van der Waals surface area contributed by atoms with Crippen molar-refractivity contribution in [1.82, 2.24) is 9.80 Å². The number of likely N-dealkylation sites (N-methyl/N-ethyl adjacent to an activating group) is 2. The van der Waals surface area contributed by atoms with Gasteiger partial charge in [0.05, 0.1) is 5.92 Å². The summed E-state index contributed by atoms with van der Waals surface area (Å²) in [7, 11) is 4.39. The van der Waals surface area contributed by atoms with Crippen LogP contribution in [0.1, 0.15) is 32.1 Å². The lowest BCUT2D eigenvalue weighted by atomic mass is 9.85. The summed E-state index contributed by atoms with van der Waals surface area (Å²) < 4.78 is 0. The number of hydrogen-bond donors (Lipinski definition) is 1. The molecule has 1 N–H and O–H groups in total. The summed E-state index contributed by atoms with van der Waals surface area (Å²) >= 11 is 0. The van der Waals surface area contributed by atoms with Gasteiger partial charge < -0.3 is 10.0 Å². The van der Waals surface area contributed by atoms with E-state index in [0.717, 1.165) is 32.2 Å². The number of carboxylic acids is 1. The third kappa shape index (κ3) is 2.99. The molecule has 1 unspecified atom stereocenters. The van der Waals surface area contributed by atoms with Gasteiger partial charge in [-0.2, -0.15) is 0 Å². The van der Waals surface area contributed by atoms with Gasteiger partial charge in [-0.15, -0.1) is 0 Å². The fraction of sp³-hybridized carbons (Fsp3) is 0.923. The summed E-state index contributed by atoms with van der Waals surface area (Å²) in [6.45, 7) is 2.36. The number of carboxylic acid groups (broad SMARTS) is 1. The van der Waals surface area contributed by atoms with Crippen molar-refractivity contribution in [3.8, 4) is 0 Å². The predicted octanol–water partition coefficient (Wildman–Crippen LogP) is 1.27. The Morgan fingerprint density at radius 2 is 1.82 bits per heavy atom. The number of nitrogens with zero attached hydrogens (tertiary/aromatic N) is 2. The maximum atomic E-state index is 10.9. The molecule has 98 valence electrons. The molecule has 0 radical (unpaired) electrons. The SMILES string of the molecule is CN1CCC(N(C)C2CCC(C(=O)O)CC2)C1. The van der Waals surface area contributed by atoms with Gasteiger partial charge in [-0.3, -0.25) is 9.69 Å². The van der Waals surface area contributed by atoms with Crippen molar-refractivity contribution in [3.05, 3.63) is 0 Å². The third-order valence-electron chi connectivity index (χ3n) is 4.56. The average molecular weight is 240 g/mol. The molecule has 1 aliphatic heterocycles. The second-order valence-electron chi connectivity index (χ2n) is 5.71. The van der Waals surface area contributed by atoms with E-state index in [9.17, 15) is 4.79 Å². The number of hydrogen-bond acceptors (Lipinski definition) is 3. The van der Waals surface area contributed by atoms with Gasteiger partial charge in [0.25, 0.3) is 0 Å². The van der Waals surface area contributed by atoms with Crippen molar-refractivity contribution in [2.75, 3.05) is 27.2 Å². The highest BCUT2D eigenvalue weighted by Gasteiger charge is 2.32. The zero-order valence-electron chi connectivity index (χ0n) is 10.9. The number of rotatable bonds is 3. The van der Waals surface area contributed by atoms with Gasteiger partial charge in [0.2, 0.25) is 0 Å². The minimum atomic E-state index is -0.605. The Hall–Kier alpha value is -0.610. The van der Waals surface area contributed by atoms with Crippen LogP contribution >= 0.6 is 0 Å². The monoisotopic (exact) mass is 240 g/mol. The van der Waals surface area contributed by atoms with E-state index in [4.69, 9.17) is 5.11 Å². The van der Waals surface area contributed by atoms with Crippen LogP contribution in [-0.2, 0) is 4.79 Å². The number of carbonyl (C=O) groups is 1. The van der Waals surface area contributed by atoms with Crippen LogP contribution in [0.4, 0.5) is 0 Å². The van der Waals surface area contributed by atoms with Crippen molar-refractivity contribution in [2.45, 2.75) is 44.2 Å². The fourth-order valence-electron chi connectivity index (χ4n) is 3.27. The largest absolute Gasteiger partial charge is 0.481 e. The first-order valence-electron chi connectivity index (χ1n) is 6.71. The second kappa shape index (κ2) is 5.36. The van der Waals surface area contributed by atoms with Gasteiger partial charge in [0.1, 0.15) is 0 Å². The molecule has 2 aliphatic rings. The Labute approximate surface area is 104 Å². The Kier molecular flexibility index (Phi) is 4.05. The quantitative estimate of drug-likeness (QED) is 0.806. The molecule has 1 atom stereocenters. The fourth-order valence-corrected chi connectivity index (χ4v) is 3.27. The van der Waals surface area contributed by atoms with Crippen molar-refractivity contribution in [3.63, 3.8) is 0 Å². The summed E-state index contributed by atoms with van der Waals surface area (Å²) in [5.74, 6) is -0.697. The van der Waals surface area contributed by atoms with Crippen LogP contribution in [0.15, 0.2) is 0 Å². The molecule has 0 aromatic rings. The van der Waals surface area contributed by atoms with Crippen molar-refractivity contribution >= 4 is 5.97 Å². The van der Waals surface area contributed by atoms with Crippen LogP contribution in [0.3, 0.4) is 0 Å². The first-order chi connectivity index (χ1) is 8.08. The molecule has 1 saturated carbocycles. The van der Waals surface area contributed by atoms with Crippen molar-refractivity contribution in [2.24, 2.45) is 5.92 Å². The van der Waals surface area contributed by atoms with Gasteiger partial charge in [0.15, 0.2) is 0 Å². The summed E-state index contributed by atoms with van der Waals surface area (Å²) in [4.78, 5) is 15.8. The van der Waals surface area contributed by atoms with Crippen LogP contribution < -0.4 is 0 Å². The molecule has 0 spiro atoms. The summed E-state index contributed by atoms with van der Waals surface area (Å²) in [6, 6.07) is 1.27. The Bertz CT molecular complexity index is 275. The highest BCUT2D eigenvalue weighted by Crippen LogP contribution is 2.29. The molecule has 2 fully saturated rings. The van der Waals surface area contributed by atoms with Crippen LogP contribution in [0.2, 0.25) is 0 Å². The summed E-state index contributed by atoms with van der Waals surface area (Å²) in [5.41, 5.74) is 0. The molecular weight excluding hydrogens is 216 g/mol. The maximum Gasteiger partial charge on any atom is 0.306 e. The Balaban J connectivity index is 1.82. The van der Waals surface area contributed by atoms with Gasteiger partial charge in [-0.05, 0) is 52.7 Å². The minimum absolute atomic E-state index is 0.0918. The Morgan fingerprint density at radius 1 is 1.18 bits per heavy atom. The van der Waals surface area contributed by atoms with Crippen LogP contribution in [-0.4, -0.2) is 60.1 Å². The molecule has 4 heteroatoms. The maximum absolute atomic E-state index is 10.9. The van der Waals surface area contributed by atoms with Crippen molar-refractivity contribution < 1.29 is 9.90 Å². The number of aliphatic carboxylic acids is 1. The molecule has 17 heavy (non-hydrogen) atoms. The molecule has 1 saturated heterocycles. The van der Waals surface area contributed by atoms with E-state index in [0.29, 0.717) is 12.1 Å². The molecule has 2 rings (SSSR count). The first-order valence-corrected chi connectivity index (χ1v) is 6.71. The van der Waals surface area contributed by atoms with Crippen LogP contribution in [0, 0.1) is 5.92 Å². The van der Waals surface area contributed by atoms with Gasteiger partial charge in [-0.1, -0.05) is 0 Å². The molecule has 4 nitrogen and oxygen atoms in total. The van der Waals surface area contributed by atoms with E-state index in [1.165, 1.54) is 13.0 Å². The second-order valence-corrected chi connectivity index (χ2v) is 5.71. The number of likely N-dealkylation sites (tertiary alicyclic amines) is 1. The molecule has 0 aromatic heterocycles. The van der Waals surface area contributed by atoms with Crippen LogP contribution in [0.5, 0.6) is 0 Å². The summed E-state index contributed by atoms with van der Waals surface area (Å²) in [6.07, 6.45) is 5.06. The highest BCUT2D eigenvalue weighted by atomic mass is 16.4. The molecule has 0 aromatic carbocycles. The van der Waals surface area contributed by atoms with E-state index in [1.807, 2.05) is 0 Å². The van der Waals surface area contributed by atoms with E-state index in [2.05, 4.69) is 23.9 Å². The molecule has 1 heterocycles. The lowest BCUT2D eigenvalue weighted by molar-refractivity contribution is -0.143. The first kappa shape index (κ1) is 12.8. The zero-order valence-corrected chi connectivity index (χ0v) is 10.9. The lowest BCUT2D eigenvalue weighted by Crippen LogP contribution is -2.43. The molecular formula is C13H24N2O2. The zero-order chi connectivity index (χ0) is 12.4. The van der Waals surface area contributed by atoms with Gasteiger partial charge in [0, 0.05) is 18.6 Å². The van der Waals surface area contributed by atoms with E-state index in [1.54, 1.807) is 0 Å². The predicted molar refractivity (Wildman–Crippen MR) is 67.0 cm³/mol. The van der Waals surface area contributed by atoms with E-state index >= 15 is 0 Å². The van der Waals surface area contributed by atoms with Crippen molar-refractivity contribution in [1.29, 1.82) is 0 Å². The molecule has 0 bridgehead atoms.